The Kier molecular flexibility index (Phi) is 3.45. The van der Waals surface area contributed by atoms with Crippen LogP contribution in [0.25, 0.3) is 0 Å². The van der Waals surface area contributed by atoms with Crippen LogP contribution in [0, 0.1) is 0 Å². The van der Waals surface area contributed by atoms with Crippen molar-refractivity contribution in [3.8, 4) is 0 Å². The second-order valence-electron chi connectivity index (χ2n) is 2.48. The van der Waals surface area contributed by atoms with Crippen LogP contribution in [-0.2, 0) is 11.3 Å². The summed E-state index contributed by atoms with van der Waals surface area (Å²) in [5, 5.41) is 8.63. The molecule has 0 radical (unpaired) electrons. The number of carboxylic acids is 1. The van der Waals surface area contributed by atoms with Crippen LogP contribution in [0.5, 0.6) is 0 Å². The summed E-state index contributed by atoms with van der Waals surface area (Å²) in [5.74, 6) is -0.829. The molecule has 0 spiro atoms. The highest BCUT2D eigenvalue weighted by Gasteiger charge is 2.14. The largest absolute Gasteiger partial charge is 0.476 e. The first-order valence-corrected chi connectivity index (χ1v) is 3.99. The number of aromatic nitrogens is 1. The number of nitrogens with zero attached hydrogens (tertiary/aromatic N) is 1. The zero-order valence-corrected chi connectivity index (χ0v) is 7.32. The van der Waals surface area contributed by atoms with Gasteiger partial charge in [0.1, 0.15) is 6.61 Å². The summed E-state index contributed by atoms with van der Waals surface area (Å²) in [5.41, 5.74) is -0.0731. The molecule has 1 heterocycles. The number of oxazole rings is 1. The molecule has 5 nitrogen and oxygen atoms in total. The van der Waals surface area contributed by atoms with Gasteiger partial charge in [0.05, 0.1) is 0 Å². The molecule has 0 bridgehead atoms. The minimum atomic E-state index is -1.09. The Morgan fingerprint density at radius 3 is 3.15 bits per heavy atom. The third-order valence-corrected chi connectivity index (χ3v) is 1.43. The molecule has 0 atom stereocenters. The van der Waals surface area contributed by atoms with Crippen LogP contribution in [0.15, 0.2) is 10.8 Å². The standard InChI is InChI=1S/C8H11NO4/c1-2-3-12-4-6-7(8(10)11)9-5-13-6/h5H,2-4H2,1H3,(H,10,11). The van der Waals surface area contributed by atoms with Gasteiger partial charge in [-0.2, -0.15) is 0 Å². The van der Waals surface area contributed by atoms with Crippen LogP contribution < -0.4 is 0 Å². The predicted molar refractivity (Wildman–Crippen MR) is 43.4 cm³/mol. The molecule has 0 saturated heterocycles. The van der Waals surface area contributed by atoms with Gasteiger partial charge in [0.25, 0.3) is 0 Å². The molecule has 0 aromatic carbocycles. The van der Waals surface area contributed by atoms with E-state index in [1.807, 2.05) is 6.92 Å². The summed E-state index contributed by atoms with van der Waals surface area (Å²) < 4.78 is 9.98. The van der Waals surface area contributed by atoms with Crippen molar-refractivity contribution < 1.29 is 19.1 Å². The maximum Gasteiger partial charge on any atom is 0.358 e. The van der Waals surface area contributed by atoms with E-state index >= 15 is 0 Å². The molecule has 72 valence electrons. The van der Waals surface area contributed by atoms with E-state index in [0.29, 0.717) is 6.61 Å². The van der Waals surface area contributed by atoms with E-state index in [1.54, 1.807) is 0 Å². The monoisotopic (exact) mass is 185 g/mol. The summed E-state index contributed by atoms with van der Waals surface area (Å²) in [4.78, 5) is 14.1. The Labute approximate surface area is 75.3 Å². The molecule has 0 aliphatic rings. The van der Waals surface area contributed by atoms with E-state index < -0.39 is 5.97 Å². The number of ether oxygens (including phenoxy) is 1. The Morgan fingerprint density at radius 1 is 1.77 bits per heavy atom. The number of carboxylic acid groups (broad SMARTS) is 1. The number of rotatable bonds is 5. The Balaban J connectivity index is 2.55. The van der Waals surface area contributed by atoms with Crippen molar-refractivity contribution in [2.45, 2.75) is 20.0 Å². The zero-order valence-electron chi connectivity index (χ0n) is 7.32. The van der Waals surface area contributed by atoms with E-state index in [9.17, 15) is 4.79 Å². The summed E-state index contributed by atoms with van der Waals surface area (Å²) in [6.07, 6.45) is 1.99. The molecule has 0 amide bonds. The van der Waals surface area contributed by atoms with Gasteiger partial charge in [-0.3, -0.25) is 0 Å². The van der Waals surface area contributed by atoms with Gasteiger partial charge in [-0.15, -0.1) is 0 Å². The molecule has 0 aliphatic heterocycles. The fraction of sp³-hybridized carbons (Fsp3) is 0.500. The molecule has 1 aromatic rings. The maximum absolute atomic E-state index is 10.5. The lowest BCUT2D eigenvalue weighted by molar-refractivity contribution is 0.0674. The lowest BCUT2D eigenvalue weighted by Gasteiger charge is -1.98. The number of hydrogen-bond acceptors (Lipinski definition) is 4. The first kappa shape index (κ1) is 9.73. The van der Waals surface area contributed by atoms with E-state index in [0.717, 1.165) is 12.8 Å². The van der Waals surface area contributed by atoms with Crippen molar-refractivity contribution in [1.82, 2.24) is 4.98 Å². The fourth-order valence-corrected chi connectivity index (χ4v) is 0.857. The fourth-order valence-electron chi connectivity index (χ4n) is 0.857. The number of aromatic carboxylic acids is 1. The van der Waals surface area contributed by atoms with Gasteiger partial charge in [-0.1, -0.05) is 6.92 Å². The van der Waals surface area contributed by atoms with Crippen LogP contribution >= 0.6 is 0 Å². The molecular weight excluding hydrogens is 174 g/mol. The van der Waals surface area contributed by atoms with Crippen molar-refractivity contribution in [2.75, 3.05) is 6.61 Å². The van der Waals surface area contributed by atoms with Crippen LogP contribution in [0.3, 0.4) is 0 Å². The van der Waals surface area contributed by atoms with Crippen molar-refractivity contribution in [3.05, 3.63) is 17.8 Å². The smallest absolute Gasteiger partial charge is 0.358 e. The quantitative estimate of drug-likeness (QED) is 0.700. The highest BCUT2D eigenvalue weighted by Crippen LogP contribution is 2.08. The molecular formula is C8H11NO4. The second kappa shape index (κ2) is 4.61. The Bertz CT molecular complexity index is 281. The topological polar surface area (TPSA) is 72.6 Å². The third-order valence-electron chi connectivity index (χ3n) is 1.43. The summed E-state index contributed by atoms with van der Waals surface area (Å²) in [6.45, 7) is 2.72. The molecule has 0 fully saturated rings. The molecule has 1 aromatic heterocycles. The van der Waals surface area contributed by atoms with Gasteiger partial charge < -0.3 is 14.3 Å². The minimum Gasteiger partial charge on any atom is -0.476 e. The first-order valence-electron chi connectivity index (χ1n) is 3.99. The molecule has 0 unspecified atom stereocenters. The SMILES string of the molecule is CCCOCc1ocnc1C(=O)O. The minimum absolute atomic E-state index is 0.0731. The average molecular weight is 185 g/mol. The maximum atomic E-state index is 10.5. The molecule has 1 N–H and O–H groups in total. The average Bonchev–Trinajstić information content (AvgIpc) is 2.53. The van der Waals surface area contributed by atoms with E-state index in [-0.39, 0.29) is 18.1 Å². The lowest BCUT2D eigenvalue weighted by atomic mass is 10.3. The third kappa shape index (κ3) is 2.55. The molecule has 0 saturated carbocycles. The van der Waals surface area contributed by atoms with Gasteiger partial charge >= 0.3 is 5.97 Å². The van der Waals surface area contributed by atoms with Crippen molar-refractivity contribution >= 4 is 5.97 Å². The molecule has 5 heteroatoms. The van der Waals surface area contributed by atoms with Crippen molar-refractivity contribution in [3.63, 3.8) is 0 Å². The van der Waals surface area contributed by atoms with Crippen molar-refractivity contribution in [1.29, 1.82) is 0 Å². The number of hydrogen-bond donors (Lipinski definition) is 1. The van der Waals surface area contributed by atoms with Crippen molar-refractivity contribution in [2.24, 2.45) is 0 Å². The Morgan fingerprint density at radius 2 is 2.54 bits per heavy atom. The van der Waals surface area contributed by atoms with Crippen LogP contribution in [0.4, 0.5) is 0 Å². The van der Waals surface area contributed by atoms with Gasteiger partial charge in [0.15, 0.2) is 17.8 Å². The van der Waals surface area contributed by atoms with Gasteiger partial charge in [-0.05, 0) is 6.42 Å². The highest BCUT2D eigenvalue weighted by atomic mass is 16.5. The molecule has 0 aliphatic carbocycles. The van der Waals surface area contributed by atoms with Gasteiger partial charge in [-0.25, -0.2) is 9.78 Å². The normalized spacial score (nSPS) is 10.2. The van der Waals surface area contributed by atoms with Crippen LogP contribution in [-0.4, -0.2) is 22.7 Å². The molecule has 1 rings (SSSR count). The van der Waals surface area contributed by atoms with E-state index in [1.165, 1.54) is 0 Å². The lowest BCUT2D eigenvalue weighted by Crippen LogP contribution is -2.03. The number of carbonyl (C=O) groups is 1. The highest BCUT2D eigenvalue weighted by molar-refractivity contribution is 5.86. The summed E-state index contributed by atoms with van der Waals surface area (Å²) in [6, 6.07) is 0. The first-order chi connectivity index (χ1) is 6.25. The zero-order chi connectivity index (χ0) is 9.68. The van der Waals surface area contributed by atoms with Gasteiger partial charge in [0.2, 0.25) is 0 Å². The Hall–Kier alpha value is -1.36. The summed E-state index contributed by atoms with van der Waals surface area (Å²) in [7, 11) is 0. The second-order valence-corrected chi connectivity index (χ2v) is 2.48. The predicted octanol–water partition coefficient (Wildman–Crippen LogP) is 1.30. The van der Waals surface area contributed by atoms with E-state index in [2.05, 4.69) is 4.98 Å². The van der Waals surface area contributed by atoms with E-state index in [4.69, 9.17) is 14.3 Å². The molecule has 13 heavy (non-hydrogen) atoms. The van der Waals surface area contributed by atoms with Crippen LogP contribution in [0.1, 0.15) is 29.6 Å². The van der Waals surface area contributed by atoms with Gasteiger partial charge in [0, 0.05) is 6.61 Å². The van der Waals surface area contributed by atoms with Crippen LogP contribution in [0.2, 0.25) is 0 Å². The summed E-state index contributed by atoms with van der Waals surface area (Å²) >= 11 is 0.